The van der Waals surface area contributed by atoms with Crippen LogP contribution in [-0.4, -0.2) is 34.1 Å². The summed E-state index contributed by atoms with van der Waals surface area (Å²) in [5, 5.41) is 19.3. The van der Waals surface area contributed by atoms with Crippen LogP contribution < -0.4 is 0 Å². The first-order chi connectivity index (χ1) is 8.82. The minimum atomic E-state index is -0.343. The molecule has 1 aromatic carbocycles. The summed E-state index contributed by atoms with van der Waals surface area (Å²) >= 11 is 0. The lowest BCUT2D eigenvalue weighted by Crippen LogP contribution is -2.37. The van der Waals surface area contributed by atoms with E-state index in [0.717, 1.165) is 0 Å². The van der Waals surface area contributed by atoms with Crippen molar-refractivity contribution in [2.75, 3.05) is 13.1 Å². The van der Waals surface area contributed by atoms with Crippen molar-refractivity contribution in [3.05, 3.63) is 23.8 Å². The monoisotopic (exact) mass is 265 g/mol. The van der Waals surface area contributed by atoms with Crippen LogP contribution in [0, 0.1) is 11.8 Å². The molecule has 0 aromatic heterocycles. The minimum Gasteiger partial charge on any atom is -0.504 e. The molecule has 0 atom stereocenters. The molecule has 106 valence electrons. The van der Waals surface area contributed by atoms with Gasteiger partial charge < -0.3 is 15.1 Å². The van der Waals surface area contributed by atoms with Crippen LogP contribution in [0.15, 0.2) is 18.2 Å². The molecule has 0 aliphatic rings. The fourth-order valence-electron chi connectivity index (χ4n) is 2.00. The van der Waals surface area contributed by atoms with Crippen molar-refractivity contribution in [2.24, 2.45) is 11.8 Å². The van der Waals surface area contributed by atoms with Crippen molar-refractivity contribution in [2.45, 2.75) is 27.7 Å². The number of hydrogen-bond acceptors (Lipinski definition) is 3. The van der Waals surface area contributed by atoms with Crippen molar-refractivity contribution < 1.29 is 15.0 Å². The van der Waals surface area contributed by atoms with E-state index < -0.39 is 0 Å². The Hall–Kier alpha value is -1.71. The van der Waals surface area contributed by atoms with Gasteiger partial charge in [0, 0.05) is 13.1 Å². The molecular weight excluding hydrogens is 242 g/mol. The molecule has 0 fully saturated rings. The highest BCUT2D eigenvalue weighted by Gasteiger charge is 2.21. The average molecular weight is 265 g/mol. The first kappa shape index (κ1) is 15.3. The van der Waals surface area contributed by atoms with Gasteiger partial charge in [-0.2, -0.15) is 0 Å². The van der Waals surface area contributed by atoms with Crippen LogP contribution in [0.2, 0.25) is 0 Å². The second-order valence-corrected chi connectivity index (χ2v) is 5.67. The van der Waals surface area contributed by atoms with E-state index in [4.69, 9.17) is 0 Å². The highest BCUT2D eigenvalue weighted by molar-refractivity contribution is 5.97. The molecule has 0 unspecified atom stereocenters. The molecule has 4 nitrogen and oxygen atoms in total. The van der Waals surface area contributed by atoms with Gasteiger partial charge in [-0.1, -0.05) is 33.8 Å². The van der Waals surface area contributed by atoms with Gasteiger partial charge in [0.2, 0.25) is 0 Å². The highest BCUT2D eigenvalue weighted by Crippen LogP contribution is 2.29. The molecule has 0 saturated carbocycles. The molecule has 1 aromatic rings. The number of rotatable bonds is 5. The van der Waals surface area contributed by atoms with Gasteiger partial charge in [-0.25, -0.2) is 0 Å². The summed E-state index contributed by atoms with van der Waals surface area (Å²) in [5.41, 5.74) is 0.154. The number of carbonyl (C=O) groups excluding carboxylic acids is 1. The van der Waals surface area contributed by atoms with Crippen molar-refractivity contribution in [1.29, 1.82) is 0 Å². The van der Waals surface area contributed by atoms with Gasteiger partial charge in [0.15, 0.2) is 11.5 Å². The van der Waals surface area contributed by atoms with Crippen LogP contribution in [0.5, 0.6) is 11.5 Å². The molecule has 19 heavy (non-hydrogen) atoms. The van der Waals surface area contributed by atoms with Gasteiger partial charge in [-0.3, -0.25) is 4.79 Å². The van der Waals surface area contributed by atoms with Crippen molar-refractivity contribution in [3.63, 3.8) is 0 Å². The summed E-state index contributed by atoms with van der Waals surface area (Å²) in [6.07, 6.45) is 0. The van der Waals surface area contributed by atoms with Crippen molar-refractivity contribution >= 4 is 5.91 Å². The van der Waals surface area contributed by atoms with E-state index in [1.165, 1.54) is 12.1 Å². The number of aromatic hydroxyl groups is 2. The standard InChI is InChI=1S/C15H23NO3/c1-10(2)8-16(9-11(3)4)15(19)12-6-5-7-13(17)14(12)18/h5-7,10-11,17-18H,8-9H2,1-4H3. The molecule has 0 aliphatic heterocycles. The summed E-state index contributed by atoms with van der Waals surface area (Å²) in [6, 6.07) is 4.46. The molecule has 0 heterocycles. The maximum absolute atomic E-state index is 12.4. The first-order valence-electron chi connectivity index (χ1n) is 6.63. The summed E-state index contributed by atoms with van der Waals surface area (Å²) in [6.45, 7) is 9.44. The van der Waals surface area contributed by atoms with E-state index >= 15 is 0 Å². The number of benzene rings is 1. The van der Waals surface area contributed by atoms with Crippen molar-refractivity contribution in [3.8, 4) is 11.5 Å². The van der Waals surface area contributed by atoms with Gasteiger partial charge in [0.1, 0.15) is 0 Å². The maximum Gasteiger partial charge on any atom is 0.257 e. The average Bonchev–Trinajstić information content (AvgIpc) is 2.30. The number of phenols is 2. The minimum absolute atomic E-state index is 0.154. The molecule has 2 N–H and O–H groups in total. The van der Waals surface area contributed by atoms with E-state index in [2.05, 4.69) is 0 Å². The van der Waals surface area contributed by atoms with Gasteiger partial charge in [-0.15, -0.1) is 0 Å². The van der Waals surface area contributed by atoms with Gasteiger partial charge in [0.25, 0.3) is 5.91 Å². The fourth-order valence-corrected chi connectivity index (χ4v) is 2.00. The molecule has 0 bridgehead atoms. The van der Waals surface area contributed by atoms with Crippen LogP contribution in [-0.2, 0) is 0 Å². The Kier molecular flexibility index (Phi) is 5.21. The molecular formula is C15H23NO3. The maximum atomic E-state index is 12.4. The van der Waals surface area contributed by atoms with E-state index in [-0.39, 0.29) is 23.0 Å². The number of carbonyl (C=O) groups is 1. The Morgan fingerprint density at radius 2 is 1.63 bits per heavy atom. The number of amides is 1. The zero-order chi connectivity index (χ0) is 14.6. The molecule has 0 saturated heterocycles. The summed E-state index contributed by atoms with van der Waals surface area (Å²) in [7, 11) is 0. The lowest BCUT2D eigenvalue weighted by Gasteiger charge is -2.26. The van der Waals surface area contributed by atoms with Gasteiger partial charge >= 0.3 is 0 Å². The number of nitrogens with zero attached hydrogens (tertiary/aromatic N) is 1. The SMILES string of the molecule is CC(C)CN(CC(C)C)C(=O)c1cccc(O)c1O. The van der Waals surface area contributed by atoms with E-state index in [0.29, 0.717) is 24.9 Å². The Labute approximate surface area is 114 Å². The Balaban J connectivity index is 3.01. The van der Waals surface area contributed by atoms with E-state index in [1.54, 1.807) is 11.0 Å². The quantitative estimate of drug-likeness (QED) is 0.805. The molecule has 0 spiro atoms. The first-order valence-corrected chi connectivity index (χ1v) is 6.63. The lowest BCUT2D eigenvalue weighted by atomic mass is 10.1. The van der Waals surface area contributed by atoms with Crippen LogP contribution in [0.4, 0.5) is 0 Å². The topological polar surface area (TPSA) is 60.8 Å². The second kappa shape index (κ2) is 6.45. The third-order valence-electron chi connectivity index (χ3n) is 2.70. The number of para-hydroxylation sites is 1. The number of phenolic OH excluding ortho intramolecular Hbond substituents is 2. The molecule has 1 amide bonds. The summed E-state index contributed by atoms with van der Waals surface area (Å²) in [4.78, 5) is 14.2. The fraction of sp³-hybridized carbons (Fsp3) is 0.533. The third kappa shape index (κ3) is 4.16. The lowest BCUT2D eigenvalue weighted by molar-refractivity contribution is 0.0711. The summed E-state index contributed by atoms with van der Waals surface area (Å²) in [5.74, 6) is -0.148. The Bertz CT molecular complexity index is 431. The normalized spacial score (nSPS) is 11.1. The smallest absolute Gasteiger partial charge is 0.257 e. The zero-order valence-corrected chi connectivity index (χ0v) is 12.1. The van der Waals surface area contributed by atoms with Gasteiger partial charge in [-0.05, 0) is 24.0 Å². The van der Waals surface area contributed by atoms with E-state index in [1.807, 2.05) is 27.7 Å². The van der Waals surface area contributed by atoms with E-state index in [9.17, 15) is 15.0 Å². The van der Waals surface area contributed by atoms with Crippen LogP contribution in [0.3, 0.4) is 0 Å². The molecule has 1 rings (SSSR count). The highest BCUT2D eigenvalue weighted by atomic mass is 16.3. The van der Waals surface area contributed by atoms with Crippen LogP contribution in [0.25, 0.3) is 0 Å². The number of hydrogen-bond donors (Lipinski definition) is 2. The Morgan fingerprint density at radius 1 is 1.11 bits per heavy atom. The molecule has 0 radical (unpaired) electrons. The molecule has 4 heteroatoms. The second-order valence-electron chi connectivity index (χ2n) is 5.67. The zero-order valence-electron chi connectivity index (χ0n) is 12.1. The third-order valence-corrected chi connectivity index (χ3v) is 2.70. The predicted molar refractivity (Wildman–Crippen MR) is 75.4 cm³/mol. The Morgan fingerprint density at radius 3 is 2.11 bits per heavy atom. The molecule has 0 aliphatic carbocycles. The van der Waals surface area contributed by atoms with Gasteiger partial charge in [0.05, 0.1) is 5.56 Å². The summed E-state index contributed by atoms with van der Waals surface area (Å²) < 4.78 is 0. The predicted octanol–water partition coefficient (Wildman–Crippen LogP) is 2.85. The van der Waals surface area contributed by atoms with Crippen LogP contribution in [0.1, 0.15) is 38.1 Å². The largest absolute Gasteiger partial charge is 0.504 e. The van der Waals surface area contributed by atoms with Crippen LogP contribution >= 0.6 is 0 Å². The van der Waals surface area contributed by atoms with Crippen molar-refractivity contribution in [1.82, 2.24) is 4.90 Å².